The Hall–Kier alpha value is -1.31. The van der Waals surface area contributed by atoms with E-state index < -0.39 is 0 Å². The number of aryl methyl sites for hydroxylation is 1. The van der Waals surface area contributed by atoms with Crippen molar-refractivity contribution in [3.8, 4) is 0 Å². The van der Waals surface area contributed by atoms with Gasteiger partial charge in [-0.1, -0.05) is 62.7 Å². The molecular formula is C21H28ClN. The van der Waals surface area contributed by atoms with Crippen molar-refractivity contribution >= 4 is 11.6 Å². The predicted octanol–water partition coefficient (Wildman–Crippen LogP) is 5.89. The minimum atomic E-state index is 0.208. The SMILES string of the molecule is Cc1ccc(Cl)c(C)c1CN(C)Cc1ccc(C(C)(C)C)cc1. The molecule has 0 radical (unpaired) electrons. The highest BCUT2D eigenvalue weighted by Gasteiger charge is 2.13. The Bertz CT molecular complexity index is 665. The maximum atomic E-state index is 6.27. The molecule has 23 heavy (non-hydrogen) atoms. The van der Waals surface area contributed by atoms with Gasteiger partial charge in [-0.15, -0.1) is 0 Å². The number of rotatable bonds is 4. The van der Waals surface area contributed by atoms with E-state index in [1.165, 1.54) is 27.8 Å². The minimum Gasteiger partial charge on any atom is -0.298 e. The first kappa shape index (κ1) is 18.0. The normalized spacial score (nSPS) is 12.0. The lowest BCUT2D eigenvalue weighted by Gasteiger charge is -2.22. The highest BCUT2D eigenvalue weighted by atomic mass is 35.5. The summed E-state index contributed by atoms with van der Waals surface area (Å²) in [5, 5.41) is 0.855. The fourth-order valence-corrected chi connectivity index (χ4v) is 3.03. The van der Waals surface area contributed by atoms with Gasteiger partial charge >= 0.3 is 0 Å². The van der Waals surface area contributed by atoms with Crippen LogP contribution in [-0.4, -0.2) is 11.9 Å². The van der Waals surface area contributed by atoms with Crippen LogP contribution in [0.1, 0.15) is 48.6 Å². The highest BCUT2D eigenvalue weighted by Crippen LogP contribution is 2.25. The van der Waals surface area contributed by atoms with E-state index in [1.54, 1.807) is 0 Å². The first-order valence-corrected chi connectivity index (χ1v) is 8.59. The zero-order valence-corrected chi connectivity index (χ0v) is 16.0. The van der Waals surface area contributed by atoms with Crippen LogP contribution in [0.4, 0.5) is 0 Å². The summed E-state index contributed by atoms with van der Waals surface area (Å²) in [7, 11) is 2.16. The largest absolute Gasteiger partial charge is 0.298 e. The quantitative estimate of drug-likeness (QED) is 0.676. The maximum absolute atomic E-state index is 6.27. The molecule has 0 aliphatic carbocycles. The highest BCUT2D eigenvalue weighted by molar-refractivity contribution is 6.31. The third-order valence-electron chi connectivity index (χ3n) is 4.47. The Morgan fingerprint density at radius 3 is 2.09 bits per heavy atom. The Balaban J connectivity index is 2.08. The van der Waals surface area contributed by atoms with Gasteiger partial charge in [0, 0.05) is 18.1 Å². The van der Waals surface area contributed by atoms with E-state index in [0.717, 1.165) is 18.1 Å². The molecule has 2 aromatic rings. The fourth-order valence-electron chi connectivity index (χ4n) is 2.85. The first-order chi connectivity index (χ1) is 10.7. The van der Waals surface area contributed by atoms with Gasteiger partial charge in [-0.3, -0.25) is 4.90 Å². The number of hydrogen-bond donors (Lipinski definition) is 0. The van der Waals surface area contributed by atoms with E-state index in [0.29, 0.717) is 0 Å². The van der Waals surface area contributed by atoms with Crippen LogP contribution in [0.2, 0.25) is 5.02 Å². The number of halogens is 1. The Kier molecular flexibility index (Phi) is 5.54. The molecule has 2 rings (SSSR count). The van der Waals surface area contributed by atoms with Gasteiger partial charge in [0.25, 0.3) is 0 Å². The summed E-state index contributed by atoms with van der Waals surface area (Å²) in [4.78, 5) is 2.34. The molecule has 0 saturated heterocycles. The van der Waals surface area contributed by atoms with E-state index in [2.05, 4.69) is 76.9 Å². The molecule has 0 heterocycles. The van der Waals surface area contributed by atoms with Crippen molar-refractivity contribution in [1.29, 1.82) is 0 Å². The maximum Gasteiger partial charge on any atom is 0.0438 e. The molecule has 0 fully saturated rings. The van der Waals surface area contributed by atoms with E-state index in [9.17, 15) is 0 Å². The van der Waals surface area contributed by atoms with Crippen LogP contribution in [0.5, 0.6) is 0 Å². The van der Waals surface area contributed by atoms with Crippen LogP contribution >= 0.6 is 11.6 Å². The van der Waals surface area contributed by atoms with Crippen molar-refractivity contribution < 1.29 is 0 Å². The van der Waals surface area contributed by atoms with Crippen molar-refractivity contribution in [3.05, 3.63) is 69.2 Å². The van der Waals surface area contributed by atoms with Gasteiger partial charge in [-0.05, 0) is 60.2 Å². The second-order valence-corrected chi connectivity index (χ2v) is 7.99. The van der Waals surface area contributed by atoms with Crippen LogP contribution in [0.3, 0.4) is 0 Å². The lowest BCUT2D eigenvalue weighted by molar-refractivity contribution is 0.317. The standard InChI is InChI=1S/C21H28ClN/c1-15-7-12-20(22)16(2)19(15)14-23(6)13-17-8-10-18(11-9-17)21(3,4)5/h7-12H,13-14H2,1-6H3. The number of benzene rings is 2. The zero-order valence-electron chi connectivity index (χ0n) is 15.2. The van der Waals surface area contributed by atoms with Crippen molar-refractivity contribution in [2.45, 2.75) is 53.1 Å². The molecule has 2 heteroatoms. The Morgan fingerprint density at radius 1 is 0.913 bits per heavy atom. The van der Waals surface area contributed by atoms with Gasteiger partial charge in [0.1, 0.15) is 0 Å². The molecule has 1 nitrogen and oxygen atoms in total. The first-order valence-electron chi connectivity index (χ1n) is 8.21. The van der Waals surface area contributed by atoms with Crippen molar-refractivity contribution in [1.82, 2.24) is 4.90 Å². The van der Waals surface area contributed by atoms with Crippen LogP contribution in [-0.2, 0) is 18.5 Å². The molecule has 0 atom stereocenters. The summed E-state index contributed by atoms with van der Waals surface area (Å²) >= 11 is 6.27. The Labute approximate surface area is 146 Å². The molecule has 0 aliphatic heterocycles. The third-order valence-corrected chi connectivity index (χ3v) is 4.88. The lowest BCUT2D eigenvalue weighted by atomic mass is 9.87. The molecule has 0 saturated carbocycles. The number of hydrogen-bond acceptors (Lipinski definition) is 1. The molecule has 124 valence electrons. The summed E-state index contributed by atoms with van der Waals surface area (Å²) in [5.41, 5.74) is 6.78. The summed E-state index contributed by atoms with van der Waals surface area (Å²) < 4.78 is 0. The molecule has 0 spiro atoms. The van der Waals surface area contributed by atoms with Crippen LogP contribution in [0.25, 0.3) is 0 Å². The van der Waals surface area contributed by atoms with Gasteiger partial charge in [0.15, 0.2) is 0 Å². The van der Waals surface area contributed by atoms with Crippen molar-refractivity contribution in [3.63, 3.8) is 0 Å². The smallest absolute Gasteiger partial charge is 0.0438 e. The van der Waals surface area contributed by atoms with Crippen molar-refractivity contribution in [2.75, 3.05) is 7.05 Å². The van der Waals surface area contributed by atoms with Crippen molar-refractivity contribution in [2.24, 2.45) is 0 Å². The molecule has 2 aromatic carbocycles. The average Bonchev–Trinajstić information content (AvgIpc) is 2.47. The van der Waals surface area contributed by atoms with Gasteiger partial charge in [-0.25, -0.2) is 0 Å². The second-order valence-electron chi connectivity index (χ2n) is 7.59. The van der Waals surface area contributed by atoms with Crippen LogP contribution in [0.15, 0.2) is 36.4 Å². The third kappa shape index (κ3) is 4.59. The second kappa shape index (κ2) is 7.07. The van der Waals surface area contributed by atoms with Gasteiger partial charge in [-0.2, -0.15) is 0 Å². The van der Waals surface area contributed by atoms with Gasteiger partial charge in [0.2, 0.25) is 0 Å². The van der Waals surface area contributed by atoms with E-state index >= 15 is 0 Å². The molecule has 0 amide bonds. The minimum absolute atomic E-state index is 0.208. The van der Waals surface area contributed by atoms with Crippen LogP contribution in [0, 0.1) is 13.8 Å². The molecule has 0 aliphatic rings. The molecule has 0 N–H and O–H groups in total. The summed E-state index contributed by atoms with van der Waals surface area (Å²) in [5.74, 6) is 0. The summed E-state index contributed by atoms with van der Waals surface area (Å²) in [6, 6.07) is 13.1. The fraction of sp³-hybridized carbons (Fsp3) is 0.429. The van der Waals surface area contributed by atoms with E-state index in [1.807, 2.05) is 6.07 Å². The Morgan fingerprint density at radius 2 is 1.52 bits per heavy atom. The van der Waals surface area contributed by atoms with E-state index in [4.69, 9.17) is 11.6 Å². The predicted molar refractivity (Wildman–Crippen MR) is 101 cm³/mol. The van der Waals surface area contributed by atoms with Gasteiger partial charge in [0.05, 0.1) is 0 Å². The zero-order chi connectivity index (χ0) is 17.2. The topological polar surface area (TPSA) is 3.24 Å². The average molecular weight is 330 g/mol. The lowest BCUT2D eigenvalue weighted by Crippen LogP contribution is -2.19. The molecule has 0 bridgehead atoms. The van der Waals surface area contributed by atoms with Gasteiger partial charge < -0.3 is 0 Å². The molecule has 0 aromatic heterocycles. The van der Waals surface area contributed by atoms with E-state index in [-0.39, 0.29) is 5.41 Å². The van der Waals surface area contributed by atoms with Crippen LogP contribution < -0.4 is 0 Å². The monoisotopic (exact) mass is 329 g/mol. The number of nitrogens with zero attached hydrogens (tertiary/aromatic N) is 1. The molecule has 0 unspecified atom stereocenters. The summed E-state index contributed by atoms with van der Waals surface area (Å²) in [6.45, 7) is 12.9. The molecular weight excluding hydrogens is 302 g/mol. The summed E-state index contributed by atoms with van der Waals surface area (Å²) in [6.07, 6.45) is 0.